The Morgan fingerprint density at radius 1 is 0.632 bits per heavy atom. The molecule has 0 atom stereocenters. The molecule has 0 unspecified atom stereocenters. The minimum Gasteiger partial charge on any atom is -0.328 e. The van der Waals surface area contributed by atoms with Gasteiger partial charge in [-0.1, -0.05) is 74.2 Å². The van der Waals surface area contributed by atoms with Crippen LogP contribution < -0.4 is 0 Å². The van der Waals surface area contributed by atoms with E-state index in [-0.39, 0.29) is 0 Å². The zero-order chi connectivity index (χ0) is 14.4. The van der Waals surface area contributed by atoms with Crippen LogP contribution in [0.3, 0.4) is 0 Å². The molecule has 1 nitrogen and oxygen atoms in total. The maximum absolute atomic E-state index is 3.52. The minimum absolute atomic E-state index is 1.15. The zero-order valence-corrected chi connectivity index (χ0v) is 15.3. The van der Waals surface area contributed by atoms with Crippen LogP contribution in [0.5, 0.6) is 0 Å². The lowest BCUT2D eigenvalue weighted by Crippen LogP contribution is -2.41. The SMILES string of the molecule is CCCCCCCCCCCC[N+](C)(C)CCCBr. The van der Waals surface area contributed by atoms with Gasteiger partial charge in [0.1, 0.15) is 0 Å². The van der Waals surface area contributed by atoms with Gasteiger partial charge >= 0.3 is 0 Å². The van der Waals surface area contributed by atoms with Crippen molar-refractivity contribution < 1.29 is 4.48 Å². The maximum atomic E-state index is 3.52. The van der Waals surface area contributed by atoms with Crippen molar-refractivity contribution in [2.24, 2.45) is 0 Å². The van der Waals surface area contributed by atoms with Gasteiger partial charge in [0.05, 0.1) is 27.2 Å². The summed E-state index contributed by atoms with van der Waals surface area (Å²) in [5.74, 6) is 0. The first-order chi connectivity index (χ1) is 9.12. The summed E-state index contributed by atoms with van der Waals surface area (Å²) in [6.07, 6.45) is 15.7. The van der Waals surface area contributed by atoms with E-state index in [2.05, 4.69) is 36.9 Å². The highest BCUT2D eigenvalue weighted by molar-refractivity contribution is 9.09. The third-order valence-electron chi connectivity index (χ3n) is 4.01. The van der Waals surface area contributed by atoms with Crippen LogP contribution >= 0.6 is 15.9 Å². The van der Waals surface area contributed by atoms with E-state index < -0.39 is 0 Å². The van der Waals surface area contributed by atoms with Crippen molar-refractivity contribution in [3.8, 4) is 0 Å². The summed E-state index contributed by atoms with van der Waals surface area (Å²) in [5, 5.41) is 1.15. The Hall–Kier alpha value is 0.440. The fourth-order valence-electron chi connectivity index (χ4n) is 2.63. The van der Waals surface area contributed by atoms with E-state index in [9.17, 15) is 0 Å². The van der Waals surface area contributed by atoms with Crippen LogP contribution in [0.4, 0.5) is 0 Å². The fraction of sp³-hybridized carbons (Fsp3) is 1.00. The first kappa shape index (κ1) is 19.4. The van der Waals surface area contributed by atoms with Crippen LogP contribution in [0.25, 0.3) is 0 Å². The lowest BCUT2D eigenvalue weighted by molar-refractivity contribution is -0.890. The number of hydrogen-bond donors (Lipinski definition) is 0. The quantitative estimate of drug-likeness (QED) is 0.215. The Kier molecular flexibility index (Phi) is 13.7. The highest BCUT2D eigenvalue weighted by atomic mass is 79.9. The number of alkyl halides is 1. The second-order valence-electron chi connectivity index (χ2n) is 6.61. The van der Waals surface area contributed by atoms with E-state index >= 15 is 0 Å². The number of unbranched alkanes of at least 4 members (excludes halogenated alkanes) is 9. The molecule has 0 aromatic heterocycles. The summed E-state index contributed by atoms with van der Waals surface area (Å²) >= 11 is 3.52. The van der Waals surface area contributed by atoms with Gasteiger partial charge in [0, 0.05) is 11.8 Å². The number of halogens is 1. The van der Waals surface area contributed by atoms with Gasteiger partial charge in [-0.25, -0.2) is 0 Å². The summed E-state index contributed by atoms with van der Waals surface area (Å²) in [6, 6.07) is 0. The van der Waals surface area contributed by atoms with Crippen LogP contribution in [-0.2, 0) is 0 Å². The van der Waals surface area contributed by atoms with E-state index in [1.807, 2.05) is 0 Å². The molecule has 0 fully saturated rings. The molecule has 0 bridgehead atoms. The van der Waals surface area contributed by atoms with Gasteiger partial charge in [0.15, 0.2) is 0 Å². The first-order valence-corrected chi connectivity index (χ1v) is 9.62. The standard InChI is InChI=1S/C17H37BrN/c1-4-5-6-7-8-9-10-11-12-13-16-19(2,3)17-14-15-18/h4-17H2,1-3H3/q+1. The highest BCUT2D eigenvalue weighted by Gasteiger charge is 2.12. The van der Waals surface area contributed by atoms with Crippen molar-refractivity contribution in [3.05, 3.63) is 0 Å². The molecule has 116 valence electrons. The van der Waals surface area contributed by atoms with Gasteiger partial charge < -0.3 is 4.48 Å². The summed E-state index contributed by atoms with van der Waals surface area (Å²) in [4.78, 5) is 0. The molecule has 0 heterocycles. The maximum Gasteiger partial charge on any atom is 0.0790 e. The third kappa shape index (κ3) is 14.7. The van der Waals surface area contributed by atoms with Crippen molar-refractivity contribution in [1.82, 2.24) is 0 Å². The van der Waals surface area contributed by atoms with Crippen molar-refractivity contribution >= 4 is 15.9 Å². The molecule has 0 aliphatic heterocycles. The second kappa shape index (κ2) is 13.4. The lowest BCUT2D eigenvalue weighted by atomic mass is 10.1. The predicted molar refractivity (Wildman–Crippen MR) is 92.1 cm³/mol. The fourth-order valence-corrected chi connectivity index (χ4v) is 2.88. The first-order valence-electron chi connectivity index (χ1n) is 8.50. The van der Waals surface area contributed by atoms with E-state index in [1.54, 1.807) is 0 Å². The molecule has 0 aliphatic rings. The molecule has 0 amide bonds. The molecule has 0 spiro atoms. The van der Waals surface area contributed by atoms with E-state index in [4.69, 9.17) is 0 Å². The Morgan fingerprint density at radius 2 is 1.05 bits per heavy atom. The Balaban J connectivity index is 3.21. The Morgan fingerprint density at radius 3 is 1.53 bits per heavy atom. The molecular formula is C17H37BrN+. The smallest absolute Gasteiger partial charge is 0.0790 e. The van der Waals surface area contributed by atoms with E-state index in [1.165, 1.54) is 88.2 Å². The average molecular weight is 335 g/mol. The summed E-state index contributed by atoms with van der Waals surface area (Å²) < 4.78 is 1.20. The molecule has 0 saturated carbocycles. The van der Waals surface area contributed by atoms with Crippen LogP contribution in [0.1, 0.15) is 77.6 Å². The van der Waals surface area contributed by atoms with E-state index in [0.29, 0.717) is 0 Å². The van der Waals surface area contributed by atoms with Crippen LogP contribution in [0, 0.1) is 0 Å². The molecule has 0 aliphatic carbocycles. The predicted octanol–water partition coefficient (Wildman–Crippen LogP) is 5.77. The van der Waals surface area contributed by atoms with E-state index in [0.717, 1.165) is 5.33 Å². The summed E-state index contributed by atoms with van der Waals surface area (Å²) in [7, 11) is 4.74. The molecule has 0 aromatic rings. The van der Waals surface area contributed by atoms with Gasteiger partial charge in [-0.3, -0.25) is 0 Å². The van der Waals surface area contributed by atoms with Gasteiger partial charge in [0.25, 0.3) is 0 Å². The van der Waals surface area contributed by atoms with Crippen LogP contribution in [0.2, 0.25) is 0 Å². The summed E-state index contributed by atoms with van der Waals surface area (Å²) in [6.45, 7) is 4.95. The monoisotopic (exact) mass is 334 g/mol. The van der Waals surface area contributed by atoms with Crippen molar-refractivity contribution in [3.63, 3.8) is 0 Å². The Labute approximate surface area is 130 Å². The Bertz CT molecular complexity index is 180. The third-order valence-corrected chi connectivity index (χ3v) is 4.57. The number of nitrogens with zero attached hydrogens (tertiary/aromatic N) is 1. The molecule has 19 heavy (non-hydrogen) atoms. The second-order valence-corrected chi connectivity index (χ2v) is 7.40. The van der Waals surface area contributed by atoms with Crippen LogP contribution in [-0.4, -0.2) is 37.0 Å². The van der Waals surface area contributed by atoms with Gasteiger partial charge in [0.2, 0.25) is 0 Å². The molecule has 0 N–H and O–H groups in total. The minimum atomic E-state index is 1.15. The molecular weight excluding hydrogens is 298 g/mol. The largest absolute Gasteiger partial charge is 0.328 e. The average Bonchev–Trinajstić information content (AvgIpc) is 2.38. The molecule has 0 aromatic carbocycles. The van der Waals surface area contributed by atoms with Crippen molar-refractivity contribution in [2.75, 3.05) is 32.5 Å². The normalized spacial score (nSPS) is 12.0. The highest BCUT2D eigenvalue weighted by Crippen LogP contribution is 2.12. The number of quaternary nitrogens is 1. The molecule has 2 heteroatoms. The lowest BCUT2D eigenvalue weighted by Gasteiger charge is -2.29. The van der Waals surface area contributed by atoms with Gasteiger partial charge in [-0.05, 0) is 12.8 Å². The van der Waals surface area contributed by atoms with Crippen LogP contribution in [0.15, 0.2) is 0 Å². The molecule has 0 rings (SSSR count). The van der Waals surface area contributed by atoms with Crippen molar-refractivity contribution in [2.45, 2.75) is 77.6 Å². The van der Waals surface area contributed by atoms with Gasteiger partial charge in [-0.15, -0.1) is 0 Å². The topological polar surface area (TPSA) is 0 Å². The number of rotatable bonds is 14. The molecule has 0 radical (unpaired) electrons. The zero-order valence-electron chi connectivity index (χ0n) is 13.7. The molecule has 0 saturated heterocycles. The summed E-state index contributed by atoms with van der Waals surface area (Å²) in [5.41, 5.74) is 0. The van der Waals surface area contributed by atoms with Gasteiger partial charge in [-0.2, -0.15) is 0 Å². The number of hydrogen-bond acceptors (Lipinski definition) is 0. The van der Waals surface area contributed by atoms with Crippen molar-refractivity contribution in [1.29, 1.82) is 0 Å².